The number of aryl methyl sites for hydroxylation is 1. The molecule has 3 atom stereocenters. The minimum Gasteiger partial charge on any atom is -0.423 e. The standard InChI is InChI=1S/C29H33BN2O6S/c1-17-27(39-16-31-17)20-7-5-18(6-8-20)13-24(34)23-14-22(33)15-32(23)28(36)25(29(2,3)4)26(35)19-9-11-21(12-10-19)30(37)38/h5-12,16,22-23,25,33,37-38H,13-15H2,1-4H3/t22-,23+,25?/m1/s1. The summed E-state index contributed by atoms with van der Waals surface area (Å²) in [6, 6.07) is 12.6. The molecule has 0 aliphatic carbocycles. The zero-order chi connectivity index (χ0) is 28.5. The van der Waals surface area contributed by atoms with Crippen LogP contribution >= 0.6 is 11.3 Å². The van der Waals surface area contributed by atoms with Gasteiger partial charge in [0.1, 0.15) is 5.92 Å². The van der Waals surface area contributed by atoms with Gasteiger partial charge in [-0.1, -0.05) is 69.3 Å². The number of likely N-dealkylation sites (tertiary alicyclic amines) is 1. The Hall–Kier alpha value is -3.18. The van der Waals surface area contributed by atoms with Crippen molar-refractivity contribution in [1.29, 1.82) is 0 Å². The van der Waals surface area contributed by atoms with Gasteiger partial charge in [-0.2, -0.15) is 0 Å². The first kappa shape index (κ1) is 28.8. The van der Waals surface area contributed by atoms with Crippen LogP contribution in [0.15, 0.2) is 54.0 Å². The average Bonchev–Trinajstić information content (AvgIpc) is 3.49. The molecule has 39 heavy (non-hydrogen) atoms. The number of thiazole rings is 1. The third-order valence-corrected chi connectivity index (χ3v) is 8.12. The van der Waals surface area contributed by atoms with Gasteiger partial charge in [-0.15, -0.1) is 11.3 Å². The zero-order valence-electron chi connectivity index (χ0n) is 22.5. The van der Waals surface area contributed by atoms with Gasteiger partial charge in [0.2, 0.25) is 5.91 Å². The van der Waals surface area contributed by atoms with Crippen LogP contribution in [0.2, 0.25) is 0 Å². The number of aromatic nitrogens is 1. The highest BCUT2D eigenvalue weighted by Crippen LogP contribution is 2.34. The molecule has 1 aliphatic rings. The van der Waals surface area contributed by atoms with Gasteiger partial charge in [0.05, 0.1) is 28.2 Å². The smallest absolute Gasteiger partial charge is 0.423 e. The Labute approximate surface area is 232 Å². The summed E-state index contributed by atoms with van der Waals surface area (Å²) in [6.07, 6.45) is -0.639. The fourth-order valence-electron chi connectivity index (χ4n) is 5.06. The molecule has 3 aromatic rings. The number of aliphatic hydroxyl groups excluding tert-OH is 1. The maximum Gasteiger partial charge on any atom is 0.488 e. The molecule has 4 rings (SSSR count). The third-order valence-electron chi connectivity index (χ3n) is 7.14. The molecule has 1 fully saturated rings. The van der Waals surface area contributed by atoms with Crippen LogP contribution in [0, 0.1) is 18.3 Å². The van der Waals surface area contributed by atoms with E-state index in [1.807, 2.05) is 31.2 Å². The van der Waals surface area contributed by atoms with Crippen molar-refractivity contribution in [3.8, 4) is 10.4 Å². The molecule has 2 heterocycles. The van der Waals surface area contributed by atoms with Crippen LogP contribution in [-0.2, 0) is 16.0 Å². The van der Waals surface area contributed by atoms with Crippen LogP contribution < -0.4 is 5.46 Å². The van der Waals surface area contributed by atoms with E-state index in [2.05, 4.69) is 4.98 Å². The van der Waals surface area contributed by atoms with E-state index in [9.17, 15) is 29.5 Å². The first-order chi connectivity index (χ1) is 18.4. The first-order valence-corrected chi connectivity index (χ1v) is 13.8. The predicted octanol–water partition coefficient (Wildman–Crippen LogP) is 2.42. The number of nitrogens with zero attached hydrogens (tertiary/aromatic N) is 2. The summed E-state index contributed by atoms with van der Waals surface area (Å²) in [5, 5.41) is 29.2. The fraction of sp³-hybridized carbons (Fsp3) is 0.379. The monoisotopic (exact) mass is 548 g/mol. The predicted molar refractivity (Wildman–Crippen MR) is 151 cm³/mol. The molecule has 1 amide bonds. The maximum atomic E-state index is 13.9. The Morgan fingerprint density at radius 2 is 1.72 bits per heavy atom. The van der Waals surface area contributed by atoms with E-state index in [-0.39, 0.29) is 36.2 Å². The molecule has 10 heteroatoms. The van der Waals surface area contributed by atoms with Gasteiger partial charge in [-0.3, -0.25) is 14.4 Å². The molecule has 1 unspecified atom stereocenters. The van der Waals surface area contributed by atoms with E-state index >= 15 is 0 Å². The van der Waals surface area contributed by atoms with Gasteiger partial charge in [0, 0.05) is 24.9 Å². The number of carbonyl (C=O) groups excluding carboxylic acids is 3. The minimum absolute atomic E-state index is 0.0195. The number of amides is 1. The number of carbonyl (C=O) groups is 3. The van der Waals surface area contributed by atoms with E-state index in [1.54, 1.807) is 37.6 Å². The summed E-state index contributed by atoms with van der Waals surface area (Å²) >= 11 is 1.55. The summed E-state index contributed by atoms with van der Waals surface area (Å²) in [5.41, 5.74) is 4.28. The molecule has 8 nitrogen and oxygen atoms in total. The molecule has 3 N–H and O–H groups in total. The van der Waals surface area contributed by atoms with E-state index in [0.29, 0.717) is 0 Å². The van der Waals surface area contributed by atoms with Crippen LogP contribution in [0.3, 0.4) is 0 Å². The zero-order valence-corrected chi connectivity index (χ0v) is 23.3. The molecule has 0 saturated carbocycles. The number of ketones is 2. The number of hydrogen-bond acceptors (Lipinski definition) is 8. The van der Waals surface area contributed by atoms with Crippen LogP contribution in [0.1, 0.15) is 48.8 Å². The summed E-state index contributed by atoms with van der Waals surface area (Å²) in [5.74, 6) is -2.20. The van der Waals surface area contributed by atoms with Crippen molar-refractivity contribution < 1.29 is 29.5 Å². The Morgan fingerprint density at radius 3 is 2.26 bits per heavy atom. The highest BCUT2D eigenvalue weighted by atomic mass is 32.1. The lowest BCUT2D eigenvalue weighted by molar-refractivity contribution is -0.142. The number of rotatable bonds is 8. The molecular weight excluding hydrogens is 515 g/mol. The highest BCUT2D eigenvalue weighted by Gasteiger charge is 2.46. The summed E-state index contributed by atoms with van der Waals surface area (Å²) in [4.78, 5) is 47.5. The van der Waals surface area contributed by atoms with E-state index < -0.39 is 42.3 Å². The second-order valence-corrected chi connectivity index (χ2v) is 12.0. The summed E-state index contributed by atoms with van der Waals surface area (Å²) in [6.45, 7) is 7.29. The molecule has 2 aromatic carbocycles. The second kappa shape index (κ2) is 11.5. The minimum atomic E-state index is -1.67. The van der Waals surface area contributed by atoms with Gasteiger partial charge in [-0.05, 0) is 28.9 Å². The number of Topliss-reactive ketones (excluding diaryl/α,β-unsaturated/α-hetero) is 2. The van der Waals surface area contributed by atoms with Crippen molar-refractivity contribution in [1.82, 2.24) is 9.88 Å². The Bertz CT molecular complexity index is 1350. The van der Waals surface area contributed by atoms with Crippen molar-refractivity contribution in [2.45, 2.75) is 52.7 Å². The Morgan fingerprint density at radius 1 is 1.08 bits per heavy atom. The van der Waals surface area contributed by atoms with Crippen LogP contribution in [-0.4, -0.2) is 68.3 Å². The summed E-state index contributed by atoms with van der Waals surface area (Å²) in [7, 11) is -1.67. The molecule has 1 aromatic heterocycles. The topological polar surface area (TPSA) is 128 Å². The number of aliphatic hydroxyl groups is 1. The van der Waals surface area contributed by atoms with Gasteiger partial charge >= 0.3 is 7.12 Å². The lowest BCUT2D eigenvalue weighted by atomic mass is 9.74. The average molecular weight is 548 g/mol. The fourth-order valence-corrected chi connectivity index (χ4v) is 5.87. The van der Waals surface area contributed by atoms with Crippen molar-refractivity contribution in [3.63, 3.8) is 0 Å². The van der Waals surface area contributed by atoms with Crippen molar-refractivity contribution in [2.24, 2.45) is 11.3 Å². The molecule has 1 saturated heterocycles. The van der Waals surface area contributed by atoms with Gasteiger partial charge < -0.3 is 20.1 Å². The lowest BCUT2D eigenvalue weighted by Crippen LogP contribution is -2.49. The van der Waals surface area contributed by atoms with E-state index in [1.165, 1.54) is 29.2 Å². The molecule has 0 radical (unpaired) electrons. The molecule has 0 spiro atoms. The number of hydrogen-bond donors (Lipinski definition) is 3. The largest absolute Gasteiger partial charge is 0.488 e. The Kier molecular flexibility index (Phi) is 8.51. The third kappa shape index (κ3) is 6.36. The van der Waals surface area contributed by atoms with Crippen molar-refractivity contribution >= 4 is 41.4 Å². The highest BCUT2D eigenvalue weighted by molar-refractivity contribution is 7.13. The first-order valence-electron chi connectivity index (χ1n) is 12.9. The normalized spacial score (nSPS) is 18.2. The molecular formula is C29H33BN2O6S. The summed E-state index contributed by atoms with van der Waals surface area (Å²) < 4.78 is 0. The lowest BCUT2D eigenvalue weighted by Gasteiger charge is -2.34. The van der Waals surface area contributed by atoms with Crippen molar-refractivity contribution in [2.75, 3.05) is 6.54 Å². The van der Waals surface area contributed by atoms with Gasteiger partial charge in [0.15, 0.2) is 11.6 Å². The van der Waals surface area contributed by atoms with Crippen molar-refractivity contribution in [3.05, 3.63) is 70.9 Å². The van der Waals surface area contributed by atoms with Crippen LogP contribution in [0.4, 0.5) is 0 Å². The van der Waals surface area contributed by atoms with E-state index in [4.69, 9.17) is 0 Å². The van der Waals surface area contributed by atoms with Crippen LogP contribution in [0.5, 0.6) is 0 Å². The number of benzene rings is 2. The van der Waals surface area contributed by atoms with Crippen LogP contribution in [0.25, 0.3) is 10.4 Å². The Balaban J connectivity index is 1.53. The second-order valence-electron chi connectivity index (χ2n) is 11.2. The maximum absolute atomic E-state index is 13.9. The number of β-amino-alcohol motifs (C(OH)–C–C–N with tert-alkyl or cyclic N) is 1. The molecule has 0 bridgehead atoms. The molecule has 204 valence electrons. The van der Waals surface area contributed by atoms with Gasteiger partial charge in [0.25, 0.3) is 0 Å². The van der Waals surface area contributed by atoms with E-state index in [0.717, 1.165) is 21.7 Å². The quantitative estimate of drug-likeness (QED) is 0.224. The van der Waals surface area contributed by atoms with Gasteiger partial charge in [-0.25, -0.2) is 4.98 Å². The molecule has 1 aliphatic heterocycles. The SMILES string of the molecule is Cc1ncsc1-c1ccc(CC(=O)[C@@H]2C[C@@H](O)CN2C(=O)C(C(=O)c2ccc(B(O)O)cc2)C(C)(C)C)cc1.